The molecule has 2 aliphatic rings. The van der Waals surface area contributed by atoms with Crippen LogP contribution in [0, 0.1) is 11.3 Å². The minimum atomic E-state index is -3.05. The molecule has 0 bridgehead atoms. The van der Waals surface area contributed by atoms with E-state index in [4.69, 9.17) is 0 Å². The van der Waals surface area contributed by atoms with Crippen LogP contribution in [0.1, 0.15) is 33.1 Å². The first kappa shape index (κ1) is 16.2. The second-order valence-electron chi connectivity index (χ2n) is 7.05. The van der Waals surface area contributed by atoms with E-state index in [2.05, 4.69) is 18.7 Å². The van der Waals surface area contributed by atoms with Crippen molar-refractivity contribution in [1.82, 2.24) is 9.21 Å². The number of hydrogen-bond acceptors (Lipinski definition) is 4. The Morgan fingerprint density at radius 2 is 1.80 bits per heavy atom. The van der Waals surface area contributed by atoms with Gasteiger partial charge in [0.15, 0.2) is 0 Å². The number of piperazine rings is 1. The summed E-state index contributed by atoms with van der Waals surface area (Å²) >= 11 is 0. The monoisotopic (exact) mass is 304 g/mol. The van der Waals surface area contributed by atoms with Crippen LogP contribution in [-0.4, -0.2) is 67.8 Å². The van der Waals surface area contributed by atoms with Crippen molar-refractivity contribution in [2.45, 2.75) is 39.2 Å². The molecule has 0 spiro atoms. The summed E-state index contributed by atoms with van der Waals surface area (Å²) < 4.78 is 24.5. The molecule has 118 valence electrons. The third-order valence-electron chi connectivity index (χ3n) is 4.94. The van der Waals surface area contributed by atoms with Gasteiger partial charge in [-0.25, -0.2) is 8.42 Å². The second kappa shape index (κ2) is 5.91. The number of nitrogens with zero attached hydrogens (tertiary/aromatic N) is 2. The van der Waals surface area contributed by atoms with Gasteiger partial charge in [0.05, 0.1) is 12.4 Å². The van der Waals surface area contributed by atoms with Crippen LogP contribution in [0.2, 0.25) is 0 Å². The molecule has 0 amide bonds. The Kier molecular flexibility index (Phi) is 4.79. The lowest BCUT2D eigenvalue weighted by Gasteiger charge is -2.43. The van der Waals surface area contributed by atoms with Crippen LogP contribution in [0.5, 0.6) is 0 Å². The van der Waals surface area contributed by atoms with Crippen molar-refractivity contribution in [1.29, 1.82) is 0 Å². The Bertz CT molecular complexity index is 428. The predicted octanol–water partition coefficient (Wildman–Crippen LogP) is 0.751. The van der Waals surface area contributed by atoms with Gasteiger partial charge in [0.25, 0.3) is 0 Å². The maximum absolute atomic E-state index is 11.5. The van der Waals surface area contributed by atoms with Crippen molar-refractivity contribution in [3.8, 4) is 0 Å². The average molecular weight is 304 g/mol. The highest BCUT2D eigenvalue weighted by atomic mass is 32.2. The maximum atomic E-state index is 11.5. The van der Waals surface area contributed by atoms with E-state index in [9.17, 15) is 13.5 Å². The van der Waals surface area contributed by atoms with Crippen molar-refractivity contribution in [2.75, 3.05) is 39.0 Å². The van der Waals surface area contributed by atoms with Gasteiger partial charge in [-0.1, -0.05) is 20.3 Å². The second-order valence-corrected chi connectivity index (χ2v) is 9.03. The van der Waals surface area contributed by atoms with Gasteiger partial charge in [-0.3, -0.25) is 0 Å². The summed E-state index contributed by atoms with van der Waals surface area (Å²) in [6.07, 6.45) is 4.38. The Balaban J connectivity index is 1.87. The normalized spacial score (nSPS) is 33.2. The Morgan fingerprint density at radius 1 is 1.20 bits per heavy atom. The molecule has 2 atom stereocenters. The molecule has 0 aromatic rings. The van der Waals surface area contributed by atoms with Crippen LogP contribution in [0.4, 0.5) is 0 Å². The van der Waals surface area contributed by atoms with Crippen molar-refractivity contribution < 1.29 is 13.5 Å². The van der Waals surface area contributed by atoms with Crippen LogP contribution < -0.4 is 0 Å². The zero-order valence-electron chi connectivity index (χ0n) is 12.9. The molecular formula is C14H28N2O3S. The van der Waals surface area contributed by atoms with Crippen molar-refractivity contribution >= 4 is 10.0 Å². The molecule has 1 aliphatic heterocycles. The Labute approximate surface area is 123 Å². The molecule has 0 aromatic carbocycles. The summed E-state index contributed by atoms with van der Waals surface area (Å²) in [4.78, 5) is 2.30. The van der Waals surface area contributed by atoms with Gasteiger partial charge in [-0.05, 0) is 24.2 Å². The molecule has 1 saturated carbocycles. The minimum absolute atomic E-state index is 0.0114. The quantitative estimate of drug-likeness (QED) is 0.836. The van der Waals surface area contributed by atoms with Gasteiger partial charge in [-0.2, -0.15) is 4.31 Å². The molecule has 1 heterocycles. The van der Waals surface area contributed by atoms with Gasteiger partial charge < -0.3 is 10.0 Å². The summed E-state index contributed by atoms with van der Waals surface area (Å²) in [5, 5.41) is 10.5. The number of rotatable bonds is 3. The highest BCUT2D eigenvalue weighted by molar-refractivity contribution is 7.88. The lowest BCUT2D eigenvalue weighted by molar-refractivity contribution is -0.0450. The van der Waals surface area contributed by atoms with E-state index in [0.717, 1.165) is 32.5 Å². The van der Waals surface area contributed by atoms with E-state index in [1.54, 1.807) is 4.31 Å². The molecule has 5 nitrogen and oxygen atoms in total. The van der Waals surface area contributed by atoms with E-state index >= 15 is 0 Å². The first-order valence-corrected chi connectivity index (χ1v) is 9.40. The first-order valence-electron chi connectivity index (χ1n) is 7.56. The summed E-state index contributed by atoms with van der Waals surface area (Å²) in [5.74, 6) is 0.323. The molecule has 1 saturated heterocycles. The van der Waals surface area contributed by atoms with Crippen molar-refractivity contribution in [2.24, 2.45) is 11.3 Å². The van der Waals surface area contributed by atoms with Gasteiger partial charge in [0.2, 0.25) is 10.0 Å². The molecule has 0 aromatic heterocycles. The standard InChI is InChI=1S/C14H28N2O3S/c1-14(2)6-4-5-12(13(14)17)11-15-7-9-16(10-8-15)20(3,18)19/h12-13,17H,4-11H2,1-3H3. The lowest BCUT2D eigenvalue weighted by atomic mass is 9.69. The molecule has 1 aliphatic carbocycles. The zero-order chi connectivity index (χ0) is 15.0. The van der Waals surface area contributed by atoms with Crippen LogP contribution in [0.15, 0.2) is 0 Å². The minimum Gasteiger partial charge on any atom is -0.392 e. The van der Waals surface area contributed by atoms with Gasteiger partial charge in [0.1, 0.15) is 0 Å². The average Bonchev–Trinajstić information content (AvgIpc) is 2.34. The fraction of sp³-hybridized carbons (Fsp3) is 1.00. The number of aliphatic hydroxyl groups excluding tert-OH is 1. The van der Waals surface area contributed by atoms with Crippen molar-refractivity contribution in [3.63, 3.8) is 0 Å². The Hall–Kier alpha value is -0.170. The van der Waals surface area contributed by atoms with E-state index in [0.29, 0.717) is 19.0 Å². The van der Waals surface area contributed by atoms with Crippen LogP contribution in [0.3, 0.4) is 0 Å². The fourth-order valence-electron chi connectivity index (χ4n) is 3.53. The molecule has 6 heteroatoms. The smallest absolute Gasteiger partial charge is 0.211 e. The molecule has 2 rings (SSSR count). The summed E-state index contributed by atoms with van der Waals surface area (Å²) in [6, 6.07) is 0. The number of aliphatic hydroxyl groups is 1. The molecule has 20 heavy (non-hydrogen) atoms. The fourth-order valence-corrected chi connectivity index (χ4v) is 4.36. The third kappa shape index (κ3) is 3.72. The van der Waals surface area contributed by atoms with E-state index in [1.807, 2.05) is 0 Å². The highest BCUT2D eigenvalue weighted by Gasteiger charge is 2.38. The summed E-state index contributed by atoms with van der Waals surface area (Å²) in [6.45, 7) is 7.88. The molecule has 2 unspecified atom stereocenters. The SMILES string of the molecule is CC1(C)CCCC(CN2CCN(S(C)(=O)=O)CC2)C1O. The lowest BCUT2D eigenvalue weighted by Crippen LogP contribution is -2.52. The Morgan fingerprint density at radius 3 is 2.35 bits per heavy atom. The molecule has 2 fully saturated rings. The van der Waals surface area contributed by atoms with Gasteiger partial charge in [0, 0.05) is 32.7 Å². The van der Waals surface area contributed by atoms with Crippen LogP contribution in [-0.2, 0) is 10.0 Å². The summed E-state index contributed by atoms with van der Waals surface area (Å²) in [7, 11) is -3.05. The molecule has 1 N–H and O–H groups in total. The largest absolute Gasteiger partial charge is 0.392 e. The molecule has 0 radical (unpaired) electrons. The third-order valence-corrected chi connectivity index (χ3v) is 6.24. The summed E-state index contributed by atoms with van der Waals surface area (Å²) in [5.41, 5.74) is 0.0114. The maximum Gasteiger partial charge on any atom is 0.211 e. The van der Waals surface area contributed by atoms with E-state index in [1.165, 1.54) is 12.7 Å². The van der Waals surface area contributed by atoms with Crippen LogP contribution in [0.25, 0.3) is 0 Å². The van der Waals surface area contributed by atoms with Gasteiger partial charge in [-0.15, -0.1) is 0 Å². The molecular weight excluding hydrogens is 276 g/mol. The van der Waals surface area contributed by atoms with E-state index < -0.39 is 10.0 Å². The van der Waals surface area contributed by atoms with Crippen LogP contribution >= 0.6 is 0 Å². The zero-order valence-corrected chi connectivity index (χ0v) is 13.7. The van der Waals surface area contributed by atoms with Gasteiger partial charge >= 0.3 is 0 Å². The first-order chi connectivity index (χ1) is 9.20. The number of sulfonamides is 1. The van der Waals surface area contributed by atoms with Crippen molar-refractivity contribution in [3.05, 3.63) is 0 Å². The number of hydrogen-bond donors (Lipinski definition) is 1. The predicted molar refractivity (Wildman–Crippen MR) is 80.0 cm³/mol. The van der Waals surface area contributed by atoms with E-state index in [-0.39, 0.29) is 11.5 Å². The highest BCUT2D eigenvalue weighted by Crippen LogP contribution is 2.39. The topological polar surface area (TPSA) is 60.9 Å².